The van der Waals surface area contributed by atoms with Crippen LogP contribution in [0.25, 0.3) is 22.0 Å². The zero-order valence-corrected chi connectivity index (χ0v) is 18.9. The molecular weight excluding hydrogens is 414 g/mol. The van der Waals surface area contributed by atoms with E-state index in [0.29, 0.717) is 12.1 Å². The first-order chi connectivity index (χ1) is 16.2. The summed E-state index contributed by atoms with van der Waals surface area (Å²) in [7, 11) is 1.65. The van der Waals surface area contributed by atoms with Crippen LogP contribution >= 0.6 is 0 Å². The summed E-state index contributed by atoms with van der Waals surface area (Å²) in [6, 6.07) is 14.0. The molecule has 1 saturated heterocycles. The first-order valence-electron chi connectivity index (χ1n) is 11.5. The Morgan fingerprint density at radius 2 is 2.00 bits per heavy atom. The molecule has 2 aromatic heterocycles. The van der Waals surface area contributed by atoms with Crippen molar-refractivity contribution in [1.82, 2.24) is 25.0 Å². The third-order valence-electron chi connectivity index (χ3n) is 6.40. The van der Waals surface area contributed by atoms with Crippen LogP contribution in [0.15, 0.2) is 61.1 Å². The van der Waals surface area contributed by atoms with Crippen LogP contribution in [0.1, 0.15) is 28.8 Å². The molecule has 0 unspecified atom stereocenters. The molecule has 2 aromatic carbocycles. The molecule has 0 atom stereocenters. The number of H-pyrrole nitrogens is 1. The standard InChI is InChI=1S/C26H29N5O2/c1-33-22-6-4-5-19(13-22)15-27-26(32)24-18-31(12-11-30-9-2-3-10-30)25-14-20(7-8-23(24)25)21-16-28-29-17-21/h4-8,13-14,16-18H,2-3,9-12,15H2,1H3,(H,27,32)(H,28,29). The van der Waals surface area contributed by atoms with Gasteiger partial charge >= 0.3 is 0 Å². The van der Waals surface area contributed by atoms with Gasteiger partial charge in [-0.2, -0.15) is 5.10 Å². The van der Waals surface area contributed by atoms with E-state index in [1.54, 1.807) is 7.11 Å². The smallest absolute Gasteiger partial charge is 0.253 e. The van der Waals surface area contributed by atoms with Crippen molar-refractivity contribution in [2.24, 2.45) is 0 Å². The van der Waals surface area contributed by atoms with Crippen molar-refractivity contribution in [3.8, 4) is 16.9 Å². The number of hydrogen-bond donors (Lipinski definition) is 2. The van der Waals surface area contributed by atoms with Gasteiger partial charge in [0.1, 0.15) is 5.75 Å². The minimum absolute atomic E-state index is 0.0706. The molecule has 2 N–H and O–H groups in total. The Morgan fingerprint density at radius 1 is 1.12 bits per heavy atom. The van der Waals surface area contributed by atoms with Crippen LogP contribution in [-0.2, 0) is 13.1 Å². The van der Waals surface area contributed by atoms with Gasteiger partial charge in [0.05, 0.1) is 18.9 Å². The number of likely N-dealkylation sites (tertiary alicyclic amines) is 1. The van der Waals surface area contributed by atoms with Crippen molar-refractivity contribution in [3.05, 3.63) is 72.2 Å². The van der Waals surface area contributed by atoms with Crippen LogP contribution in [0.3, 0.4) is 0 Å². The molecule has 1 aliphatic rings. The molecule has 1 aliphatic heterocycles. The molecule has 1 amide bonds. The number of aromatic nitrogens is 3. The number of hydrogen-bond acceptors (Lipinski definition) is 4. The minimum Gasteiger partial charge on any atom is -0.497 e. The number of fused-ring (bicyclic) bond motifs is 1. The molecule has 170 valence electrons. The van der Waals surface area contributed by atoms with Gasteiger partial charge in [0.2, 0.25) is 0 Å². The van der Waals surface area contributed by atoms with Crippen molar-refractivity contribution in [3.63, 3.8) is 0 Å². The molecule has 0 radical (unpaired) electrons. The maximum Gasteiger partial charge on any atom is 0.253 e. The van der Waals surface area contributed by atoms with Crippen LogP contribution in [0.2, 0.25) is 0 Å². The Kier molecular flexibility index (Phi) is 6.13. The molecule has 1 fully saturated rings. The topological polar surface area (TPSA) is 75.2 Å². The van der Waals surface area contributed by atoms with Gasteiger partial charge in [-0.05, 0) is 55.3 Å². The Bertz CT molecular complexity index is 1240. The predicted molar refractivity (Wildman–Crippen MR) is 129 cm³/mol. The number of aromatic amines is 1. The lowest BCUT2D eigenvalue weighted by atomic mass is 10.1. The van der Waals surface area contributed by atoms with Crippen LogP contribution < -0.4 is 10.1 Å². The summed E-state index contributed by atoms with van der Waals surface area (Å²) in [4.78, 5) is 15.7. The number of benzene rings is 2. The molecule has 4 aromatic rings. The molecule has 0 saturated carbocycles. The van der Waals surface area contributed by atoms with Crippen molar-refractivity contribution in [2.45, 2.75) is 25.9 Å². The number of nitrogens with one attached hydrogen (secondary N) is 2. The van der Waals surface area contributed by atoms with E-state index in [0.717, 1.165) is 59.5 Å². The van der Waals surface area contributed by atoms with E-state index in [1.807, 2.05) is 48.9 Å². The van der Waals surface area contributed by atoms with Gasteiger partial charge in [-0.1, -0.05) is 24.3 Å². The van der Waals surface area contributed by atoms with Crippen molar-refractivity contribution < 1.29 is 9.53 Å². The van der Waals surface area contributed by atoms with E-state index in [1.165, 1.54) is 12.8 Å². The fraction of sp³-hybridized carbons (Fsp3) is 0.308. The lowest BCUT2D eigenvalue weighted by Crippen LogP contribution is -2.24. The van der Waals surface area contributed by atoms with Gasteiger partial charge in [0.15, 0.2) is 0 Å². The Balaban J connectivity index is 1.42. The molecule has 0 aliphatic carbocycles. The molecule has 33 heavy (non-hydrogen) atoms. The largest absolute Gasteiger partial charge is 0.497 e. The van der Waals surface area contributed by atoms with Gasteiger partial charge in [0.25, 0.3) is 5.91 Å². The van der Waals surface area contributed by atoms with Gasteiger partial charge in [-0.15, -0.1) is 0 Å². The predicted octanol–water partition coefficient (Wildman–Crippen LogP) is 4.07. The second-order valence-electron chi connectivity index (χ2n) is 8.54. The highest BCUT2D eigenvalue weighted by atomic mass is 16.5. The Hall–Kier alpha value is -3.58. The molecule has 0 bridgehead atoms. The number of amides is 1. The lowest BCUT2D eigenvalue weighted by Gasteiger charge is -2.15. The van der Waals surface area contributed by atoms with E-state index >= 15 is 0 Å². The molecular formula is C26H29N5O2. The average Bonchev–Trinajstić information content (AvgIpc) is 3.62. The van der Waals surface area contributed by atoms with Crippen molar-refractivity contribution in [1.29, 1.82) is 0 Å². The lowest BCUT2D eigenvalue weighted by molar-refractivity contribution is 0.0952. The SMILES string of the molecule is COc1cccc(CNC(=O)c2cn(CCN3CCCC3)c3cc(-c4cn[nH]c4)ccc23)c1. The second kappa shape index (κ2) is 9.50. The first-order valence-corrected chi connectivity index (χ1v) is 11.5. The maximum atomic E-state index is 13.2. The summed E-state index contributed by atoms with van der Waals surface area (Å²) in [5.41, 5.74) is 4.89. The number of ether oxygens (including phenoxy) is 1. The zero-order chi connectivity index (χ0) is 22.6. The Labute approximate surface area is 193 Å². The monoisotopic (exact) mass is 443 g/mol. The second-order valence-corrected chi connectivity index (χ2v) is 8.54. The number of rotatable bonds is 8. The maximum absolute atomic E-state index is 13.2. The third kappa shape index (κ3) is 4.64. The van der Waals surface area contributed by atoms with Gasteiger partial charge in [-0.25, -0.2) is 0 Å². The molecule has 7 heteroatoms. The summed E-state index contributed by atoms with van der Waals surface area (Å²) < 4.78 is 7.51. The summed E-state index contributed by atoms with van der Waals surface area (Å²) in [5, 5.41) is 11.0. The van der Waals surface area contributed by atoms with Crippen LogP contribution in [-0.4, -0.2) is 52.3 Å². The van der Waals surface area contributed by atoms with E-state index in [9.17, 15) is 4.79 Å². The summed E-state index contributed by atoms with van der Waals surface area (Å²) in [6.45, 7) is 4.61. The highest BCUT2D eigenvalue weighted by Crippen LogP contribution is 2.28. The highest BCUT2D eigenvalue weighted by molar-refractivity contribution is 6.07. The molecule has 7 nitrogen and oxygen atoms in total. The van der Waals surface area contributed by atoms with E-state index in [4.69, 9.17) is 4.74 Å². The number of methoxy groups -OCH3 is 1. The number of carbonyl (C=O) groups is 1. The van der Waals surface area contributed by atoms with E-state index < -0.39 is 0 Å². The average molecular weight is 444 g/mol. The minimum atomic E-state index is -0.0706. The van der Waals surface area contributed by atoms with Crippen molar-refractivity contribution in [2.75, 3.05) is 26.7 Å². The molecule has 3 heterocycles. The van der Waals surface area contributed by atoms with Gasteiger partial charge < -0.3 is 19.5 Å². The first kappa shape index (κ1) is 21.3. The fourth-order valence-corrected chi connectivity index (χ4v) is 4.56. The zero-order valence-electron chi connectivity index (χ0n) is 18.9. The Morgan fingerprint density at radius 3 is 2.79 bits per heavy atom. The third-order valence-corrected chi connectivity index (χ3v) is 6.40. The molecule has 5 rings (SSSR count). The number of carbonyl (C=O) groups excluding carboxylic acids is 1. The van der Waals surface area contributed by atoms with Gasteiger partial charge in [-0.3, -0.25) is 9.89 Å². The summed E-state index contributed by atoms with van der Waals surface area (Å²) in [6.07, 6.45) is 8.26. The number of nitrogens with zero attached hydrogens (tertiary/aromatic N) is 3. The van der Waals surface area contributed by atoms with Crippen LogP contribution in [0.5, 0.6) is 5.75 Å². The van der Waals surface area contributed by atoms with E-state index in [2.05, 4.69) is 37.1 Å². The quantitative estimate of drug-likeness (QED) is 0.431. The molecule has 0 spiro atoms. The summed E-state index contributed by atoms with van der Waals surface area (Å²) >= 11 is 0. The van der Waals surface area contributed by atoms with Crippen molar-refractivity contribution >= 4 is 16.8 Å². The van der Waals surface area contributed by atoms with Crippen LogP contribution in [0, 0.1) is 0 Å². The van der Waals surface area contributed by atoms with Gasteiger partial charge in [0, 0.05) is 48.5 Å². The van der Waals surface area contributed by atoms with E-state index in [-0.39, 0.29) is 5.91 Å². The normalized spacial score (nSPS) is 14.1. The fourth-order valence-electron chi connectivity index (χ4n) is 4.56. The van der Waals surface area contributed by atoms with Crippen LogP contribution in [0.4, 0.5) is 0 Å². The summed E-state index contributed by atoms with van der Waals surface area (Å²) in [5.74, 6) is 0.714. The highest BCUT2D eigenvalue weighted by Gasteiger charge is 2.18.